The van der Waals surface area contributed by atoms with E-state index in [2.05, 4.69) is 5.32 Å². The van der Waals surface area contributed by atoms with Crippen LogP contribution in [0.15, 0.2) is 48.5 Å². The van der Waals surface area contributed by atoms with E-state index in [1.165, 1.54) is 5.56 Å². The molecule has 1 aliphatic rings. The first-order valence-electron chi connectivity index (χ1n) is 9.08. The van der Waals surface area contributed by atoms with Crippen molar-refractivity contribution >= 4 is 5.91 Å². The molecule has 1 fully saturated rings. The molecule has 1 aliphatic heterocycles. The van der Waals surface area contributed by atoms with Gasteiger partial charge in [0.15, 0.2) is 0 Å². The minimum absolute atomic E-state index is 0.0935. The third-order valence-corrected chi connectivity index (χ3v) is 4.23. The lowest BCUT2D eigenvalue weighted by Gasteiger charge is -2.29. The molecule has 7 nitrogen and oxygen atoms in total. The number of carbonyl (C=O) groups is 1. The Morgan fingerprint density at radius 1 is 1.14 bits per heavy atom. The second-order valence-corrected chi connectivity index (χ2v) is 6.53. The molecule has 3 rings (SSSR count). The summed E-state index contributed by atoms with van der Waals surface area (Å²) in [4.78, 5) is 11.5. The van der Waals surface area contributed by atoms with Crippen molar-refractivity contribution in [1.29, 1.82) is 0 Å². The number of carbonyl (C=O) groups excluding carboxylic acids is 1. The number of aliphatic hydroxyl groups excluding tert-OH is 3. The SMILES string of the molecule is CNC(=O)c1cccc(Oc2ccc(C)cc2)c1.OCC1CC(O)C(O)CO1. The molecule has 2 aromatic carbocycles. The Hall–Kier alpha value is -2.45. The van der Waals surface area contributed by atoms with Crippen molar-refractivity contribution in [2.75, 3.05) is 20.3 Å². The fraction of sp³-hybridized carbons (Fsp3) is 0.381. The molecule has 152 valence electrons. The summed E-state index contributed by atoms with van der Waals surface area (Å²) in [6.07, 6.45) is -1.52. The summed E-state index contributed by atoms with van der Waals surface area (Å²) in [5.41, 5.74) is 1.77. The van der Waals surface area contributed by atoms with Crippen LogP contribution < -0.4 is 10.1 Å². The monoisotopic (exact) mass is 389 g/mol. The van der Waals surface area contributed by atoms with Crippen LogP contribution in [0.2, 0.25) is 0 Å². The van der Waals surface area contributed by atoms with Gasteiger partial charge < -0.3 is 30.1 Å². The summed E-state index contributed by atoms with van der Waals surface area (Å²) < 4.78 is 10.6. The number of rotatable bonds is 4. The molecule has 0 spiro atoms. The number of ether oxygens (including phenoxy) is 2. The summed E-state index contributed by atoms with van der Waals surface area (Å²) in [6.45, 7) is 2.05. The fourth-order valence-corrected chi connectivity index (χ4v) is 2.56. The second-order valence-electron chi connectivity index (χ2n) is 6.53. The number of nitrogens with one attached hydrogen (secondary N) is 1. The Bertz CT molecular complexity index is 749. The molecule has 0 radical (unpaired) electrons. The lowest BCUT2D eigenvalue weighted by molar-refractivity contribution is -0.131. The first-order valence-corrected chi connectivity index (χ1v) is 9.08. The van der Waals surface area contributed by atoms with Crippen LogP contribution in [0.1, 0.15) is 22.3 Å². The summed E-state index contributed by atoms with van der Waals surface area (Å²) in [5, 5.41) is 29.1. The summed E-state index contributed by atoms with van der Waals surface area (Å²) in [7, 11) is 1.61. The van der Waals surface area contributed by atoms with Gasteiger partial charge in [0, 0.05) is 19.0 Å². The third kappa shape index (κ3) is 6.61. The van der Waals surface area contributed by atoms with Crippen LogP contribution in [0.5, 0.6) is 11.5 Å². The minimum Gasteiger partial charge on any atom is -0.457 e. The molecule has 2 aromatic rings. The molecule has 0 bridgehead atoms. The largest absolute Gasteiger partial charge is 0.457 e. The van der Waals surface area contributed by atoms with E-state index in [1.54, 1.807) is 25.2 Å². The van der Waals surface area contributed by atoms with Gasteiger partial charge >= 0.3 is 0 Å². The first-order chi connectivity index (χ1) is 13.4. The molecule has 1 heterocycles. The average molecular weight is 389 g/mol. The molecule has 4 N–H and O–H groups in total. The van der Waals surface area contributed by atoms with Gasteiger partial charge in [-0.15, -0.1) is 0 Å². The molecule has 3 atom stereocenters. The molecular formula is C21H27NO6. The van der Waals surface area contributed by atoms with Crippen molar-refractivity contribution in [3.05, 3.63) is 59.7 Å². The van der Waals surface area contributed by atoms with Gasteiger partial charge in [0.2, 0.25) is 0 Å². The van der Waals surface area contributed by atoms with Gasteiger partial charge in [-0.25, -0.2) is 0 Å². The first kappa shape index (κ1) is 21.8. The zero-order valence-corrected chi connectivity index (χ0v) is 16.0. The van der Waals surface area contributed by atoms with E-state index < -0.39 is 12.2 Å². The topological polar surface area (TPSA) is 108 Å². The zero-order valence-electron chi connectivity index (χ0n) is 16.0. The lowest BCUT2D eigenvalue weighted by Crippen LogP contribution is -2.42. The zero-order chi connectivity index (χ0) is 20.5. The van der Waals surface area contributed by atoms with Crippen molar-refractivity contribution in [1.82, 2.24) is 5.32 Å². The molecule has 0 saturated carbocycles. The van der Waals surface area contributed by atoms with Crippen molar-refractivity contribution in [2.24, 2.45) is 0 Å². The van der Waals surface area contributed by atoms with E-state index in [0.717, 1.165) is 5.75 Å². The van der Waals surface area contributed by atoms with Crippen LogP contribution in [0.3, 0.4) is 0 Å². The second kappa shape index (κ2) is 10.8. The molecule has 1 saturated heterocycles. The van der Waals surface area contributed by atoms with E-state index >= 15 is 0 Å². The summed E-state index contributed by atoms with van der Waals surface area (Å²) in [6, 6.07) is 14.9. The van der Waals surface area contributed by atoms with E-state index in [4.69, 9.17) is 24.8 Å². The molecule has 0 aliphatic carbocycles. The predicted octanol–water partition coefficient (Wildman–Crippen LogP) is 1.64. The van der Waals surface area contributed by atoms with Crippen molar-refractivity contribution in [2.45, 2.75) is 31.7 Å². The quantitative estimate of drug-likeness (QED) is 0.633. The maximum atomic E-state index is 11.5. The predicted molar refractivity (Wildman–Crippen MR) is 105 cm³/mol. The average Bonchev–Trinajstić information content (AvgIpc) is 2.72. The summed E-state index contributed by atoms with van der Waals surface area (Å²) >= 11 is 0. The molecule has 3 unspecified atom stereocenters. The highest BCUT2D eigenvalue weighted by Crippen LogP contribution is 2.22. The molecular weight excluding hydrogens is 362 g/mol. The summed E-state index contributed by atoms with van der Waals surface area (Å²) in [5.74, 6) is 1.29. The van der Waals surface area contributed by atoms with Gasteiger partial charge in [0.1, 0.15) is 17.6 Å². The van der Waals surface area contributed by atoms with Gasteiger partial charge in [-0.1, -0.05) is 23.8 Å². The standard InChI is InChI=1S/C15H15NO2.C6H12O4/c1-11-6-8-13(9-7-11)18-14-5-3-4-12(10-14)15(17)16-2;7-2-4-1-5(8)6(9)3-10-4/h3-10H,1-2H3,(H,16,17);4-9H,1-3H2. The Labute approximate surface area is 164 Å². The lowest BCUT2D eigenvalue weighted by atomic mass is 10.0. The van der Waals surface area contributed by atoms with Crippen LogP contribution in [0.25, 0.3) is 0 Å². The number of hydrogen-bond acceptors (Lipinski definition) is 6. The van der Waals surface area contributed by atoms with Gasteiger partial charge in [-0.2, -0.15) is 0 Å². The normalized spacial score (nSPS) is 21.2. The van der Waals surface area contributed by atoms with Crippen LogP contribution in [0, 0.1) is 6.92 Å². The number of hydrogen-bond donors (Lipinski definition) is 4. The van der Waals surface area contributed by atoms with Crippen molar-refractivity contribution in [3.8, 4) is 11.5 Å². The van der Waals surface area contributed by atoms with E-state index in [0.29, 0.717) is 17.7 Å². The van der Waals surface area contributed by atoms with E-state index in [1.807, 2.05) is 37.3 Å². The van der Waals surface area contributed by atoms with Crippen LogP contribution in [-0.4, -0.2) is 59.8 Å². The van der Waals surface area contributed by atoms with Crippen molar-refractivity contribution in [3.63, 3.8) is 0 Å². The Morgan fingerprint density at radius 2 is 1.86 bits per heavy atom. The van der Waals surface area contributed by atoms with Crippen LogP contribution in [-0.2, 0) is 4.74 Å². The third-order valence-electron chi connectivity index (χ3n) is 4.23. The Morgan fingerprint density at radius 3 is 2.46 bits per heavy atom. The number of aryl methyl sites for hydroxylation is 1. The molecule has 1 amide bonds. The Balaban J connectivity index is 0.000000237. The smallest absolute Gasteiger partial charge is 0.251 e. The Kier molecular flexibility index (Phi) is 8.41. The van der Waals surface area contributed by atoms with Gasteiger partial charge in [0.05, 0.1) is 25.4 Å². The van der Waals surface area contributed by atoms with Gasteiger partial charge in [0.25, 0.3) is 5.91 Å². The highest BCUT2D eigenvalue weighted by atomic mass is 16.5. The molecule has 7 heteroatoms. The number of amides is 1. The number of aliphatic hydroxyl groups is 3. The van der Waals surface area contributed by atoms with Gasteiger partial charge in [-0.3, -0.25) is 4.79 Å². The fourth-order valence-electron chi connectivity index (χ4n) is 2.56. The van der Waals surface area contributed by atoms with E-state index in [-0.39, 0.29) is 25.2 Å². The molecule has 0 aromatic heterocycles. The van der Waals surface area contributed by atoms with Crippen LogP contribution in [0.4, 0.5) is 0 Å². The number of benzene rings is 2. The highest BCUT2D eigenvalue weighted by Gasteiger charge is 2.27. The molecule has 28 heavy (non-hydrogen) atoms. The van der Waals surface area contributed by atoms with Crippen LogP contribution >= 0.6 is 0 Å². The van der Waals surface area contributed by atoms with Crippen molar-refractivity contribution < 1.29 is 29.6 Å². The van der Waals surface area contributed by atoms with E-state index in [9.17, 15) is 4.79 Å². The maximum Gasteiger partial charge on any atom is 0.251 e. The maximum absolute atomic E-state index is 11.5. The minimum atomic E-state index is -0.789. The van der Waals surface area contributed by atoms with Gasteiger partial charge in [-0.05, 0) is 37.3 Å². The highest BCUT2D eigenvalue weighted by molar-refractivity contribution is 5.94.